The predicted octanol–water partition coefficient (Wildman–Crippen LogP) is 2.62. The van der Waals surface area contributed by atoms with Crippen LogP contribution >= 0.6 is 0 Å². The molecule has 6 heteroatoms. The maximum atomic E-state index is 12.4. The lowest BCUT2D eigenvalue weighted by atomic mass is 9.82. The third kappa shape index (κ3) is 4.53. The molecule has 0 spiro atoms. The first-order chi connectivity index (χ1) is 13.1. The molecule has 2 aromatic rings. The molecule has 2 aromatic carbocycles. The van der Waals surface area contributed by atoms with Crippen LogP contribution < -0.4 is 15.2 Å². The van der Waals surface area contributed by atoms with Crippen molar-refractivity contribution in [1.29, 1.82) is 5.26 Å². The Labute approximate surface area is 156 Å². The third-order valence-electron chi connectivity index (χ3n) is 4.41. The van der Waals surface area contributed by atoms with Crippen LogP contribution in [0.2, 0.25) is 0 Å². The fourth-order valence-electron chi connectivity index (χ4n) is 2.94. The second-order valence-electron chi connectivity index (χ2n) is 6.23. The third-order valence-corrected chi connectivity index (χ3v) is 4.41. The number of nitriles is 1. The molecule has 1 aliphatic carbocycles. The molecule has 0 saturated carbocycles. The van der Waals surface area contributed by atoms with Gasteiger partial charge in [-0.25, -0.2) is 0 Å². The van der Waals surface area contributed by atoms with E-state index in [2.05, 4.69) is 5.32 Å². The van der Waals surface area contributed by atoms with E-state index in [1.165, 1.54) is 0 Å². The minimum absolute atomic E-state index is 0.303. The van der Waals surface area contributed by atoms with Crippen LogP contribution in [0.1, 0.15) is 18.4 Å². The van der Waals surface area contributed by atoms with Gasteiger partial charge >= 0.3 is 0 Å². The summed E-state index contributed by atoms with van der Waals surface area (Å²) in [6, 6.07) is 15.5. The van der Waals surface area contributed by atoms with Gasteiger partial charge in [0.2, 0.25) is 5.91 Å². The summed E-state index contributed by atoms with van der Waals surface area (Å²) in [6.45, 7) is 0. The summed E-state index contributed by atoms with van der Waals surface area (Å²) < 4.78 is 5.69. The quantitative estimate of drug-likeness (QED) is 0.825. The Hall–Kier alpha value is -3.59. The molecule has 0 aromatic heterocycles. The molecule has 0 heterocycles. The van der Waals surface area contributed by atoms with Gasteiger partial charge < -0.3 is 20.0 Å². The van der Waals surface area contributed by atoms with Crippen LogP contribution in [0, 0.1) is 23.2 Å². The average Bonchev–Trinajstić information content (AvgIpc) is 2.70. The zero-order valence-corrected chi connectivity index (χ0v) is 14.4. The highest BCUT2D eigenvalue weighted by atomic mass is 16.5. The Morgan fingerprint density at radius 3 is 2.07 bits per heavy atom. The largest absolute Gasteiger partial charge is 0.550 e. The van der Waals surface area contributed by atoms with Gasteiger partial charge in [-0.15, -0.1) is 0 Å². The van der Waals surface area contributed by atoms with Crippen molar-refractivity contribution in [3.8, 4) is 17.6 Å². The summed E-state index contributed by atoms with van der Waals surface area (Å²) in [5.41, 5.74) is 1.10. The van der Waals surface area contributed by atoms with Gasteiger partial charge in [0, 0.05) is 17.6 Å². The monoisotopic (exact) mass is 361 g/mol. The molecule has 1 amide bonds. The van der Waals surface area contributed by atoms with Crippen LogP contribution in [0.3, 0.4) is 0 Å². The van der Waals surface area contributed by atoms with Crippen LogP contribution in [-0.2, 0) is 9.59 Å². The fourth-order valence-corrected chi connectivity index (χ4v) is 2.94. The number of allylic oxidation sites excluding steroid dienone is 2. The van der Waals surface area contributed by atoms with Crippen LogP contribution in [-0.4, -0.2) is 11.9 Å². The van der Waals surface area contributed by atoms with Crippen molar-refractivity contribution in [1.82, 2.24) is 0 Å². The second-order valence-corrected chi connectivity index (χ2v) is 6.23. The lowest BCUT2D eigenvalue weighted by Crippen LogP contribution is -2.41. The average molecular weight is 361 g/mol. The summed E-state index contributed by atoms with van der Waals surface area (Å²) in [4.78, 5) is 23.6. The van der Waals surface area contributed by atoms with E-state index >= 15 is 0 Å². The first-order valence-corrected chi connectivity index (χ1v) is 8.51. The Balaban J connectivity index is 1.63. The number of nitrogens with one attached hydrogen (secondary N) is 1. The molecule has 3 rings (SSSR count). The molecule has 136 valence electrons. The number of benzene rings is 2. The molecule has 0 aliphatic heterocycles. The van der Waals surface area contributed by atoms with Gasteiger partial charge in [0.25, 0.3) is 0 Å². The van der Waals surface area contributed by atoms with E-state index in [9.17, 15) is 14.7 Å². The second kappa shape index (κ2) is 8.19. The maximum Gasteiger partial charge on any atom is 0.228 e. The minimum Gasteiger partial charge on any atom is -0.550 e. The standard InChI is InChI=1S/C21H18N2O4/c22-13-14-5-9-16(10-6-14)27-17-11-7-15(8-12-17)23-20(24)18-3-1-2-4-19(18)21(25)26/h1-2,5-12,18-19H,3-4H2,(H,23,24)(H,25,26)/p-1/t18-,19+/m1/s1. The zero-order valence-electron chi connectivity index (χ0n) is 14.4. The van der Waals surface area contributed by atoms with Crippen LogP contribution in [0.4, 0.5) is 5.69 Å². The molecule has 1 aliphatic rings. The van der Waals surface area contributed by atoms with Crippen LogP contribution in [0.5, 0.6) is 11.5 Å². The highest BCUT2D eigenvalue weighted by molar-refractivity contribution is 5.95. The van der Waals surface area contributed by atoms with Gasteiger partial charge in [-0.1, -0.05) is 12.2 Å². The lowest BCUT2D eigenvalue weighted by Gasteiger charge is -2.28. The Morgan fingerprint density at radius 2 is 1.52 bits per heavy atom. The first-order valence-electron chi connectivity index (χ1n) is 8.51. The van der Waals surface area contributed by atoms with Crippen molar-refractivity contribution < 1.29 is 19.4 Å². The highest BCUT2D eigenvalue weighted by Crippen LogP contribution is 2.28. The minimum atomic E-state index is -1.20. The molecular formula is C21H17N2O4-. The SMILES string of the molecule is N#Cc1ccc(Oc2ccc(NC(=O)[C@@H]3CC=CC[C@@H]3C(=O)[O-])cc2)cc1. The summed E-state index contributed by atoms with van der Waals surface area (Å²) in [5.74, 6) is -1.83. The van der Waals surface area contributed by atoms with E-state index in [1.54, 1.807) is 54.6 Å². The number of hydrogen-bond donors (Lipinski definition) is 1. The Kier molecular flexibility index (Phi) is 5.53. The van der Waals surface area contributed by atoms with E-state index in [4.69, 9.17) is 10.00 Å². The van der Waals surface area contributed by atoms with Gasteiger partial charge in [-0.2, -0.15) is 5.26 Å². The number of carboxylic acid groups (broad SMARTS) is 1. The van der Waals surface area contributed by atoms with Crippen molar-refractivity contribution in [3.05, 3.63) is 66.2 Å². The molecule has 0 bridgehead atoms. The van der Waals surface area contributed by atoms with E-state index in [-0.39, 0.29) is 5.91 Å². The molecule has 27 heavy (non-hydrogen) atoms. The number of amides is 1. The number of aliphatic carboxylic acids is 1. The number of carbonyl (C=O) groups excluding carboxylic acids is 2. The van der Waals surface area contributed by atoms with Crippen molar-refractivity contribution in [2.75, 3.05) is 5.32 Å². The Morgan fingerprint density at radius 1 is 0.963 bits per heavy atom. The number of hydrogen-bond acceptors (Lipinski definition) is 5. The normalized spacial score (nSPS) is 18.3. The molecule has 0 radical (unpaired) electrons. The molecule has 2 atom stereocenters. The zero-order chi connectivity index (χ0) is 19.2. The van der Waals surface area contributed by atoms with E-state index in [0.717, 1.165) is 0 Å². The Bertz CT molecular complexity index is 895. The van der Waals surface area contributed by atoms with Crippen molar-refractivity contribution in [2.45, 2.75) is 12.8 Å². The summed E-state index contributed by atoms with van der Waals surface area (Å²) in [5, 5.41) is 22.8. The lowest BCUT2D eigenvalue weighted by molar-refractivity contribution is -0.313. The number of ether oxygens (including phenoxy) is 1. The first kappa shape index (κ1) is 18.2. The fraction of sp³-hybridized carbons (Fsp3) is 0.190. The molecular weight excluding hydrogens is 344 g/mol. The van der Waals surface area contributed by atoms with E-state index in [1.807, 2.05) is 12.1 Å². The molecule has 6 nitrogen and oxygen atoms in total. The molecule has 0 unspecified atom stereocenters. The summed E-state index contributed by atoms with van der Waals surface area (Å²) in [7, 11) is 0. The summed E-state index contributed by atoms with van der Waals surface area (Å²) in [6.07, 6.45) is 4.26. The van der Waals surface area contributed by atoms with Gasteiger partial charge in [0.1, 0.15) is 11.5 Å². The molecule has 0 saturated heterocycles. The van der Waals surface area contributed by atoms with Crippen molar-refractivity contribution in [3.63, 3.8) is 0 Å². The number of nitrogens with zero attached hydrogens (tertiary/aromatic N) is 1. The maximum absolute atomic E-state index is 12.4. The number of rotatable bonds is 5. The van der Waals surface area contributed by atoms with Gasteiger partial charge in [0.05, 0.1) is 17.6 Å². The van der Waals surface area contributed by atoms with Gasteiger partial charge in [0.15, 0.2) is 0 Å². The predicted molar refractivity (Wildman–Crippen MR) is 96.7 cm³/mol. The smallest absolute Gasteiger partial charge is 0.228 e. The van der Waals surface area contributed by atoms with Crippen LogP contribution in [0.25, 0.3) is 0 Å². The number of carboxylic acids is 1. The number of anilines is 1. The van der Waals surface area contributed by atoms with E-state index in [0.29, 0.717) is 35.6 Å². The highest BCUT2D eigenvalue weighted by Gasteiger charge is 2.29. The van der Waals surface area contributed by atoms with Crippen molar-refractivity contribution in [2.24, 2.45) is 11.8 Å². The van der Waals surface area contributed by atoms with Gasteiger partial charge in [-0.05, 0) is 61.4 Å². The van der Waals surface area contributed by atoms with E-state index < -0.39 is 17.8 Å². The summed E-state index contributed by atoms with van der Waals surface area (Å²) >= 11 is 0. The van der Waals surface area contributed by atoms with Crippen LogP contribution in [0.15, 0.2) is 60.7 Å². The number of carbonyl (C=O) groups is 2. The molecule has 0 fully saturated rings. The van der Waals surface area contributed by atoms with Crippen molar-refractivity contribution >= 4 is 17.6 Å². The topological polar surface area (TPSA) is 102 Å². The van der Waals surface area contributed by atoms with Gasteiger partial charge in [-0.3, -0.25) is 4.79 Å². The molecule has 1 N–H and O–H groups in total.